The molecule has 0 radical (unpaired) electrons. The molecule has 19 heavy (non-hydrogen) atoms. The number of aromatic carboxylic acids is 1. The number of carboxylic acid groups (broad SMARTS) is 1. The van der Waals surface area contributed by atoms with Crippen molar-refractivity contribution in [2.45, 2.75) is 6.92 Å². The summed E-state index contributed by atoms with van der Waals surface area (Å²) in [7, 11) is 0. The molecule has 0 aliphatic carbocycles. The van der Waals surface area contributed by atoms with E-state index in [1.807, 2.05) is 0 Å². The van der Waals surface area contributed by atoms with Crippen molar-refractivity contribution in [3.05, 3.63) is 23.8 Å². The van der Waals surface area contributed by atoms with E-state index in [0.29, 0.717) is 13.1 Å². The van der Waals surface area contributed by atoms with Gasteiger partial charge in [-0.05, 0) is 6.92 Å². The van der Waals surface area contributed by atoms with Crippen molar-refractivity contribution in [3.8, 4) is 0 Å². The standard InChI is InChI=1S/C12H16N4O3/c1-2-15-5-7-16(8-6-15)11(17)9-10(12(18)19)14-4-3-13-9/h3-4H,2,5-8H2,1H3,(H,18,19). The first-order valence-corrected chi connectivity index (χ1v) is 6.28. The Hall–Kier alpha value is -2.02. The highest BCUT2D eigenvalue weighted by atomic mass is 16.4. The van der Waals surface area contributed by atoms with E-state index >= 15 is 0 Å². The maximum Gasteiger partial charge on any atom is 0.275 e. The van der Waals surface area contributed by atoms with Gasteiger partial charge in [0.2, 0.25) is 0 Å². The molecule has 7 nitrogen and oxygen atoms in total. The summed E-state index contributed by atoms with van der Waals surface area (Å²) in [5.41, 5.74) is -0.528. The van der Waals surface area contributed by atoms with Crippen molar-refractivity contribution in [3.63, 3.8) is 0 Å². The van der Waals surface area contributed by atoms with E-state index in [1.54, 1.807) is 4.90 Å². The highest BCUT2D eigenvalue weighted by molar-refractivity contribution is 6.01. The van der Waals surface area contributed by atoms with Crippen molar-refractivity contribution in [2.24, 2.45) is 0 Å². The van der Waals surface area contributed by atoms with Crippen LogP contribution in [0.2, 0.25) is 0 Å². The van der Waals surface area contributed by atoms with E-state index in [1.165, 1.54) is 17.3 Å². The molecule has 0 saturated carbocycles. The third kappa shape index (κ3) is 2.87. The first kappa shape index (κ1) is 13.4. The van der Waals surface area contributed by atoms with Crippen LogP contribution in [0, 0.1) is 0 Å². The topological polar surface area (TPSA) is 90.7 Å². The van der Waals surface area contributed by atoms with Crippen LogP contribution in [-0.4, -0.2) is 59.5 Å². The summed E-state index contributed by atoms with van der Waals surface area (Å²) in [6, 6.07) is 0. The summed E-state index contributed by atoms with van der Waals surface area (Å²) in [6.45, 7) is 6.06. The van der Waals surface area contributed by atoms with E-state index in [0.717, 1.165) is 19.6 Å². The number of carbonyl (C=O) groups excluding carboxylic acids is 2. The lowest BCUT2D eigenvalue weighted by molar-refractivity contribution is -0.902. The number of hydrogen-bond donors (Lipinski definition) is 1. The number of amides is 1. The molecular weight excluding hydrogens is 248 g/mol. The summed E-state index contributed by atoms with van der Waals surface area (Å²) in [5.74, 6) is -1.86. The Kier molecular flexibility index (Phi) is 4.06. The molecule has 2 heterocycles. The molecule has 0 spiro atoms. The Labute approximate surface area is 110 Å². The number of rotatable bonds is 3. The Morgan fingerprint density at radius 2 is 1.84 bits per heavy atom. The first-order valence-electron chi connectivity index (χ1n) is 6.28. The fourth-order valence-corrected chi connectivity index (χ4v) is 2.17. The maximum absolute atomic E-state index is 12.2. The zero-order valence-corrected chi connectivity index (χ0v) is 10.8. The van der Waals surface area contributed by atoms with Crippen LogP contribution >= 0.6 is 0 Å². The lowest BCUT2D eigenvalue weighted by atomic mass is 10.2. The van der Waals surface area contributed by atoms with Crippen LogP contribution < -0.4 is 10.0 Å². The highest BCUT2D eigenvalue weighted by Crippen LogP contribution is 2.06. The zero-order valence-electron chi connectivity index (χ0n) is 10.8. The molecule has 0 unspecified atom stereocenters. The smallest absolute Gasteiger partial charge is 0.275 e. The van der Waals surface area contributed by atoms with Crippen LogP contribution in [0.15, 0.2) is 12.4 Å². The molecule has 1 aliphatic heterocycles. The molecule has 0 aromatic carbocycles. The summed E-state index contributed by atoms with van der Waals surface area (Å²) < 4.78 is 0. The van der Waals surface area contributed by atoms with Gasteiger partial charge in [0.25, 0.3) is 5.91 Å². The Morgan fingerprint density at radius 1 is 1.26 bits per heavy atom. The quantitative estimate of drug-likeness (QED) is 0.637. The van der Waals surface area contributed by atoms with E-state index in [2.05, 4.69) is 16.9 Å². The molecular formula is C12H16N4O3. The van der Waals surface area contributed by atoms with Gasteiger partial charge in [-0.1, -0.05) is 0 Å². The summed E-state index contributed by atoms with van der Waals surface area (Å²) in [5, 5.41) is 10.9. The van der Waals surface area contributed by atoms with E-state index in [4.69, 9.17) is 0 Å². The van der Waals surface area contributed by atoms with Gasteiger partial charge < -0.3 is 19.7 Å². The number of hydrogen-bond acceptors (Lipinski definition) is 5. The van der Waals surface area contributed by atoms with Gasteiger partial charge in [-0.2, -0.15) is 0 Å². The minimum absolute atomic E-state index is 0.137. The maximum atomic E-state index is 12.2. The summed E-state index contributed by atoms with van der Waals surface area (Å²) >= 11 is 0. The highest BCUT2D eigenvalue weighted by Gasteiger charge is 2.26. The van der Waals surface area contributed by atoms with Gasteiger partial charge in [-0.25, -0.2) is 4.98 Å². The lowest BCUT2D eigenvalue weighted by Gasteiger charge is -2.31. The molecule has 0 atom stereocenters. The average Bonchev–Trinajstić information content (AvgIpc) is 2.46. The van der Waals surface area contributed by atoms with Crippen molar-refractivity contribution in [1.29, 1.82) is 0 Å². The van der Waals surface area contributed by atoms with Crippen LogP contribution in [0.4, 0.5) is 0 Å². The monoisotopic (exact) mass is 264 g/mol. The molecule has 1 aromatic rings. The molecule has 1 aromatic heterocycles. The molecule has 1 amide bonds. The molecule has 1 saturated heterocycles. The van der Waals surface area contributed by atoms with Gasteiger partial charge in [-0.15, -0.1) is 0 Å². The molecule has 1 N–H and O–H groups in total. The second-order valence-corrected chi connectivity index (χ2v) is 4.44. The van der Waals surface area contributed by atoms with E-state index in [-0.39, 0.29) is 11.6 Å². The zero-order chi connectivity index (χ0) is 13.8. The van der Waals surface area contributed by atoms with Crippen molar-refractivity contribution >= 4 is 11.9 Å². The second kappa shape index (κ2) is 5.75. The predicted octanol–water partition coefficient (Wildman–Crippen LogP) is -2.80. The van der Waals surface area contributed by atoms with Crippen LogP contribution in [-0.2, 0) is 0 Å². The van der Waals surface area contributed by atoms with Crippen molar-refractivity contribution in [2.75, 3.05) is 32.7 Å². The lowest BCUT2D eigenvalue weighted by Crippen LogP contribution is -3.14. The molecule has 2 rings (SSSR count). The number of piperazine rings is 1. The fourth-order valence-electron chi connectivity index (χ4n) is 2.17. The molecule has 7 heteroatoms. The third-order valence-corrected chi connectivity index (χ3v) is 3.35. The van der Waals surface area contributed by atoms with Crippen LogP contribution in [0.3, 0.4) is 0 Å². The third-order valence-electron chi connectivity index (χ3n) is 3.35. The minimum Gasteiger partial charge on any atom is -0.543 e. The minimum atomic E-state index is -1.48. The largest absolute Gasteiger partial charge is 0.543 e. The molecule has 1 aliphatic rings. The van der Waals surface area contributed by atoms with Gasteiger partial charge >= 0.3 is 0 Å². The first-order chi connectivity index (χ1) is 9.13. The van der Waals surface area contributed by atoms with Gasteiger partial charge in [-0.3, -0.25) is 9.78 Å². The Morgan fingerprint density at radius 3 is 2.37 bits per heavy atom. The normalized spacial score (nSPS) is 16.4. The van der Waals surface area contributed by atoms with Crippen molar-refractivity contribution < 1.29 is 19.6 Å². The van der Waals surface area contributed by atoms with Gasteiger partial charge in [0, 0.05) is 12.4 Å². The molecule has 0 bridgehead atoms. The van der Waals surface area contributed by atoms with Crippen LogP contribution in [0.25, 0.3) is 0 Å². The number of nitrogens with zero attached hydrogens (tertiary/aromatic N) is 3. The number of nitrogens with one attached hydrogen (secondary N) is 1. The number of carbonyl (C=O) groups is 2. The predicted molar refractivity (Wildman–Crippen MR) is 63.5 cm³/mol. The van der Waals surface area contributed by atoms with Crippen LogP contribution in [0.1, 0.15) is 27.9 Å². The SMILES string of the molecule is CC[NH+]1CCN(C(=O)c2nccnc2C(=O)[O-])CC1. The number of likely N-dealkylation sites (N-methyl/N-ethyl adjacent to an activating group) is 1. The summed E-state index contributed by atoms with van der Waals surface area (Å²) in [6.07, 6.45) is 2.55. The second-order valence-electron chi connectivity index (χ2n) is 4.44. The van der Waals surface area contributed by atoms with Gasteiger partial charge in [0.15, 0.2) is 5.69 Å². The number of quaternary nitrogens is 1. The van der Waals surface area contributed by atoms with Gasteiger partial charge in [0.1, 0.15) is 5.69 Å². The van der Waals surface area contributed by atoms with E-state index in [9.17, 15) is 14.7 Å². The molecule has 102 valence electrons. The number of carboxylic acids is 1. The average molecular weight is 264 g/mol. The fraction of sp³-hybridized carbons (Fsp3) is 0.500. The molecule has 1 fully saturated rings. The number of aromatic nitrogens is 2. The summed E-state index contributed by atoms with van der Waals surface area (Å²) in [4.78, 5) is 33.7. The van der Waals surface area contributed by atoms with Crippen LogP contribution in [0.5, 0.6) is 0 Å². The van der Waals surface area contributed by atoms with Crippen molar-refractivity contribution in [1.82, 2.24) is 14.9 Å². The van der Waals surface area contributed by atoms with E-state index < -0.39 is 11.7 Å². The Bertz CT molecular complexity index is 484. The van der Waals surface area contributed by atoms with Gasteiger partial charge in [0.05, 0.1) is 38.7 Å². The Balaban J connectivity index is 2.15.